The van der Waals surface area contributed by atoms with Crippen LogP contribution in [0.5, 0.6) is 5.75 Å². The third kappa shape index (κ3) is 5.07. The van der Waals surface area contributed by atoms with E-state index in [2.05, 4.69) is 33.5 Å². The fourth-order valence-corrected chi connectivity index (χ4v) is 3.06. The molecule has 2 rings (SSSR count). The summed E-state index contributed by atoms with van der Waals surface area (Å²) in [6.45, 7) is 0.289. The second-order valence-corrected chi connectivity index (χ2v) is 6.64. The highest BCUT2D eigenvalue weighted by Gasteiger charge is 2.14. The van der Waals surface area contributed by atoms with Gasteiger partial charge in [0.25, 0.3) is 5.91 Å². The number of carbonyl (C=O) groups is 1. The largest absolute Gasteiger partial charge is 0.486 e. The zero-order chi connectivity index (χ0) is 17.0. The summed E-state index contributed by atoms with van der Waals surface area (Å²) in [7, 11) is 0. The molecular formula is C15H11BrCl2N2O2S. The first-order valence-electron chi connectivity index (χ1n) is 6.34. The third-order valence-corrected chi connectivity index (χ3v) is 3.98. The second-order valence-electron chi connectivity index (χ2n) is 4.51. The molecule has 8 heteroatoms. The Morgan fingerprint density at radius 1 is 1.30 bits per heavy atom. The van der Waals surface area contributed by atoms with Crippen molar-refractivity contribution < 1.29 is 9.53 Å². The fourth-order valence-electron chi connectivity index (χ4n) is 1.80. The molecule has 0 aliphatic heterocycles. The van der Waals surface area contributed by atoms with Crippen molar-refractivity contribution in [1.82, 2.24) is 5.32 Å². The van der Waals surface area contributed by atoms with E-state index in [1.165, 1.54) is 6.07 Å². The first kappa shape index (κ1) is 18.0. The summed E-state index contributed by atoms with van der Waals surface area (Å²) in [4.78, 5) is 11.9. The lowest BCUT2D eigenvalue weighted by Crippen LogP contribution is -2.34. The molecule has 23 heavy (non-hydrogen) atoms. The lowest BCUT2D eigenvalue weighted by molar-refractivity contribution is 0.0977. The van der Waals surface area contributed by atoms with Gasteiger partial charge in [-0.1, -0.05) is 35.3 Å². The maximum absolute atomic E-state index is 11.9. The lowest BCUT2D eigenvalue weighted by Gasteiger charge is -2.12. The highest BCUT2D eigenvalue weighted by atomic mass is 79.9. The molecule has 120 valence electrons. The Hall–Kier alpha value is -1.34. The van der Waals surface area contributed by atoms with Gasteiger partial charge >= 0.3 is 0 Å². The van der Waals surface area contributed by atoms with E-state index in [1.807, 2.05) is 12.1 Å². The van der Waals surface area contributed by atoms with Crippen molar-refractivity contribution in [3.63, 3.8) is 0 Å². The maximum Gasteiger partial charge on any atom is 0.257 e. The summed E-state index contributed by atoms with van der Waals surface area (Å²) < 4.78 is 6.25. The van der Waals surface area contributed by atoms with E-state index in [0.717, 1.165) is 5.56 Å². The molecule has 1 amide bonds. The minimum absolute atomic E-state index is 0.108. The molecule has 2 aromatic rings. The van der Waals surface area contributed by atoms with Gasteiger partial charge in [-0.15, -0.1) is 0 Å². The van der Waals surface area contributed by atoms with Crippen molar-refractivity contribution in [2.75, 3.05) is 0 Å². The van der Waals surface area contributed by atoms with Gasteiger partial charge in [-0.2, -0.15) is 0 Å². The predicted octanol–water partition coefficient (Wildman–Crippen LogP) is 4.31. The Labute approximate surface area is 157 Å². The predicted molar refractivity (Wildman–Crippen MR) is 99.2 cm³/mol. The van der Waals surface area contributed by atoms with Gasteiger partial charge in [-0.05, 0) is 58.0 Å². The molecule has 0 fully saturated rings. The minimum Gasteiger partial charge on any atom is -0.486 e. The number of halogens is 3. The number of hydrogen-bond acceptors (Lipinski definition) is 3. The number of amides is 1. The van der Waals surface area contributed by atoms with E-state index < -0.39 is 5.91 Å². The Bertz CT molecular complexity index is 748. The molecule has 4 nitrogen and oxygen atoms in total. The lowest BCUT2D eigenvalue weighted by atomic mass is 10.2. The van der Waals surface area contributed by atoms with Crippen molar-refractivity contribution in [2.45, 2.75) is 6.61 Å². The molecule has 0 aliphatic carbocycles. The number of nitrogens with two attached hydrogens (primary N) is 1. The van der Waals surface area contributed by atoms with Crippen molar-refractivity contribution >= 4 is 62.4 Å². The van der Waals surface area contributed by atoms with E-state index in [-0.39, 0.29) is 16.7 Å². The first-order valence-corrected chi connectivity index (χ1v) is 8.29. The monoisotopic (exact) mass is 432 g/mol. The summed E-state index contributed by atoms with van der Waals surface area (Å²) in [5.41, 5.74) is 6.49. The second kappa shape index (κ2) is 7.97. The number of nitrogens with one attached hydrogen (secondary N) is 1. The average Bonchev–Trinajstić information content (AvgIpc) is 2.45. The molecule has 0 radical (unpaired) electrons. The van der Waals surface area contributed by atoms with Crippen LogP contribution in [-0.4, -0.2) is 11.0 Å². The van der Waals surface area contributed by atoms with E-state index in [0.29, 0.717) is 20.8 Å². The van der Waals surface area contributed by atoms with Crippen molar-refractivity contribution in [3.05, 3.63) is 62.0 Å². The zero-order valence-corrected chi connectivity index (χ0v) is 15.5. The standard InChI is InChI=1S/C15H11BrCl2N2O2S/c16-11-5-9(14(21)20-15(19)23)6-12(18)13(11)22-7-8-2-1-3-10(17)4-8/h1-6H,7H2,(H3,19,20,21,23). The SMILES string of the molecule is NC(=S)NC(=O)c1cc(Cl)c(OCc2cccc(Cl)c2)c(Br)c1. The summed E-state index contributed by atoms with van der Waals surface area (Å²) >= 11 is 20.1. The number of carbonyl (C=O) groups excluding carboxylic acids is 1. The van der Waals surface area contributed by atoms with Gasteiger partial charge in [0, 0.05) is 10.6 Å². The van der Waals surface area contributed by atoms with Crippen molar-refractivity contribution in [1.29, 1.82) is 0 Å². The smallest absolute Gasteiger partial charge is 0.257 e. The number of ether oxygens (including phenoxy) is 1. The molecule has 0 bridgehead atoms. The number of hydrogen-bond donors (Lipinski definition) is 2. The van der Waals surface area contributed by atoms with Gasteiger partial charge in [-0.3, -0.25) is 10.1 Å². The van der Waals surface area contributed by atoms with Crippen molar-refractivity contribution in [2.24, 2.45) is 5.73 Å². The first-order chi connectivity index (χ1) is 10.9. The molecule has 0 aliphatic rings. The molecule has 0 atom stereocenters. The van der Waals surface area contributed by atoms with Crippen LogP contribution in [0.3, 0.4) is 0 Å². The molecule has 0 unspecified atom stereocenters. The molecule has 0 saturated heterocycles. The third-order valence-electron chi connectivity index (χ3n) is 2.77. The van der Waals surface area contributed by atoms with Gasteiger partial charge in [-0.25, -0.2) is 0 Å². The van der Waals surface area contributed by atoms with Crippen LogP contribution in [0, 0.1) is 0 Å². The highest BCUT2D eigenvalue weighted by molar-refractivity contribution is 9.10. The summed E-state index contributed by atoms with van der Waals surface area (Å²) in [5, 5.41) is 3.14. The van der Waals surface area contributed by atoms with Gasteiger partial charge in [0.05, 0.1) is 9.50 Å². The Morgan fingerprint density at radius 2 is 2.04 bits per heavy atom. The van der Waals surface area contributed by atoms with E-state index in [1.54, 1.807) is 18.2 Å². The van der Waals surface area contributed by atoms with E-state index in [4.69, 9.17) is 33.7 Å². The van der Waals surface area contributed by atoms with Crippen LogP contribution >= 0.6 is 51.3 Å². The number of thiocarbonyl (C=S) groups is 1. The van der Waals surface area contributed by atoms with Crippen LogP contribution in [0.25, 0.3) is 0 Å². The van der Waals surface area contributed by atoms with Crippen LogP contribution in [0.1, 0.15) is 15.9 Å². The molecule has 3 N–H and O–H groups in total. The highest BCUT2D eigenvalue weighted by Crippen LogP contribution is 2.35. The fraction of sp³-hybridized carbons (Fsp3) is 0.0667. The van der Waals surface area contributed by atoms with Gasteiger partial charge in [0.15, 0.2) is 10.9 Å². The summed E-state index contributed by atoms with van der Waals surface area (Å²) in [5.74, 6) is -0.0139. The topological polar surface area (TPSA) is 64.3 Å². The molecular weight excluding hydrogens is 423 g/mol. The van der Waals surface area contributed by atoms with Gasteiger partial charge in [0.2, 0.25) is 0 Å². The molecule has 0 saturated carbocycles. The average molecular weight is 434 g/mol. The van der Waals surface area contributed by atoms with Gasteiger partial charge < -0.3 is 10.5 Å². The Kier molecular flexibility index (Phi) is 6.24. The summed E-state index contributed by atoms with van der Waals surface area (Å²) in [6.07, 6.45) is 0. The maximum atomic E-state index is 11.9. The summed E-state index contributed by atoms with van der Waals surface area (Å²) in [6, 6.07) is 10.4. The molecule has 0 aromatic heterocycles. The number of rotatable bonds is 4. The van der Waals surface area contributed by atoms with Crippen molar-refractivity contribution in [3.8, 4) is 5.75 Å². The van der Waals surface area contributed by atoms with Crippen LogP contribution in [0.2, 0.25) is 10.0 Å². The Morgan fingerprint density at radius 3 is 2.65 bits per heavy atom. The number of benzene rings is 2. The van der Waals surface area contributed by atoms with E-state index >= 15 is 0 Å². The van der Waals surface area contributed by atoms with Crippen LogP contribution in [0.4, 0.5) is 0 Å². The van der Waals surface area contributed by atoms with Crippen LogP contribution < -0.4 is 15.8 Å². The zero-order valence-electron chi connectivity index (χ0n) is 11.6. The quantitative estimate of drug-likeness (QED) is 0.705. The molecule has 0 spiro atoms. The normalized spacial score (nSPS) is 10.2. The molecule has 0 heterocycles. The minimum atomic E-state index is -0.443. The Balaban J connectivity index is 2.17. The van der Waals surface area contributed by atoms with Crippen LogP contribution in [-0.2, 0) is 6.61 Å². The van der Waals surface area contributed by atoms with Gasteiger partial charge in [0.1, 0.15) is 6.61 Å². The van der Waals surface area contributed by atoms with E-state index in [9.17, 15) is 4.79 Å². The van der Waals surface area contributed by atoms with Crippen LogP contribution in [0.15, 0.2) is 40.9 Å². The molecule has 2 aromatic carbocycles.